The Morgan fingerprint density at radius 2 is 0.450 bits per heavy atom. The normalized spacial score (nSPS) is 11.0. The second-order valence-corrected chi connectivity index (χ2v) is 14.8. The molecule has 1 aromatic heterocycles. The molecule has 3 heteroatoms. The van der Waals surface area contributed by atoms with Crippen LogP contribution in [0.2, 0.25) is 0 Å². The first-order valence-electron chi connectivity index (χ1n) is 20.3. The van der Waals surface area contributed by atoms with Gasteiger partial charge in [-0.05, 0) is 97.1 Å². The number of hydrogen-bond acceptors (Lipinski definition) is 3. The standard InChI is InChI=1S/C57H39N3/c1-7-19-40(20-8-1)48-35-49(41-21-9-2-10-22-41)37-50(36-48)46-31-33-51(42-23-11-3-12-24-42)53(38-46)54-39-47(32-34-52(54)43-25-13-4-14-26-43)57-59-55(44-27-15-5-16-28-44)58-56(60-57)45-29-17-6-18-30-45/h1-39H. The highest BCUT2D eigenvalue weighted by molar-refractivity contribution is 5.96. The van der Waals surface area contributed by atoms with Gasteiger partial charge >= 0.3 is 0 Å². The van der Waals surface area contributed by atoms with Gasteiger partial charge < -0.3 is 0 Å². The van der Waals surface area contributed by atoms with E-state index >= 15 is 0 Å². The monoisotopic (exact) mass is 765 g/mol. The van der Waals surface area contributed by atoms with E-state index < -0.39 is 0 Å². The predicted octanol–water partition coefficient (Wildman–Crippen LogP) is 14.9. The Labute approximate surface area is 351 Å². The molecule has 9 aromatic carbocycles. The fourth-order valence-electron chi connectivity index (χ4n) is 7.92. The first-order valence-corrected chi connectivity index (χ1v) is 20.3. The summed E-state index contributed by atoms with van der Waals surface area (Å²) < 4.78 is 0. The minimum atomic E-state index is 0.615. The number of rotatable bonds is 9. The van der Waals surface area contributed by atoms with Crippen molar-refractivity contribution in [2.24, 2.45) is 0 Å². The lowest BCUT2D eigenvalue weighted by molar-refractivity contribution is 1.07. The molecule has 282 valence electrons. The van der Waals surface area contributed by atoms with E-state index in [-0.39, 0.29) is 0 Å². The Morgan fingerprint density at radius 3 is 0.833 bits per heavy atom. The van der Waals surface area contributed by atoms with Crippen molar-refractivity contribution in [3.05, 3.63) is 237 Å². The third-order valence-corrected chi connectivity index (χ3v) is 10.9. The Balaban J connectivity index is 1.21. The average Bonchev–Trinajstić information content (AvgIpc) is 3.35. The van der Waals surface area contributed by atoms with E-state index in [1.54, 1.807) is 0 Å². The highest BCUT2D eigenvalue weighted by Gasteiger charge is 2.19. The van der Waals surface area contributed by atoms with Crippen molar-refractivity contribution < 1.29 is 0 Å². The van der Waals surface area contributed by atoms with Gasteiger partial charge in [-0.1, -0.05) is 206 Å². The first-order chi connectivity index (χ1) is 29.7. The second-order valence-electron chi connectivity index (χ2n) is 14.8. The molecule has 60 heavy (non-hydrogen) atoms. The molecule has 0 saturated heterocycles. The molecule has 0 unspecified atom stereocenters. The Hall–Kier alpha value is -8.01. The van der Waals surface area contributed by atoms with Crippen LogP contribution in [0.5, 0.6) is 0 Å². The van der Waals surface area contributed by atoms with E-state index in [1.165, 1.54) is 22.3 Å². The van der Waals surface area contributed by atoms with Gasteiger partial charge in [0.15, 0.2) is 17.5 Å². The van der Waals surface area contributed by atoms with Crippen molar-refractivity contribution in [3.63, 3.8) is 0 Å². The molecular weight excluding hydrogens is 727 g/mol. The molecular formula is C57H39N3. The molecule has 0 saturated carbocycles. The van der Waals surface area contributed by atoms with Crippen LogP contribution in [0.25, 0.3) is 101 Å². The van der Waals surface area contributed by atoms with E-state index in [0.29, 0.717) is 17.5 Å². The van der Waals surface area contributed by atoms with Crippen LogP contribution in [-0.2, 0) is 0 Å². The summed E-state index contributed by atoms with van der Waals surface area (Å²) in [5.41, 5.74) is 16.5. The zero-order valence-corrected chi connectivity index (χ0v) is 32.9. The van der Waals surface area contributed by atoms with Crippen molar-refractivity contribution in [1.29, 1.82) is 0 Å². The summed E-state index contributed by atoms with van der Waals surface area (Å²) in [4.78, 5) is 15.3. The molecule has 10 rings (SSSR count). The molecule has 3 nitrogen and oxygen atoms in total. The molecule has 0 radical (unpaired) electrons. The first kappa shape index (κ1) is 36.3. The largest absolute Gasteiger partial charge is 0.208 e. The molecule has 0 amide bonds. The topological polar surface area (TPSA) is 38.7 Å². The van der Waals surface area contributed by atoms with Crippen molar-refractivity contribution in [2.75, 3.05) is 0 Å². The highest BCUT2D eigenvalue weighted by Crippen LogP contribution is 2.43. The molecule has 10 aromatic rings. The molecule has 0 bridgehead atoms. The lowest BCUT2D eigenvalue weighted by Crippen LogP contribution is -2.00. The maximum Gasteiger partial charge on any atom is 0.164 e. The Morgan fingerprint density at radius 1 is 0.167 bits per heavy atom. The molecule has 0 fully saturated rings. The Kier molecular flexibility index (Phi) is 9.97. The maximum absolute atomic E-state index is 5.14. The zero-order chi connectivity index (χ0) is 40.1. The van der Waals surface area contributed by atoms with Crippen LogP contribution >= 0.6 is 0 Å². The maximum atomic E-state index is 5.14. The van der Waals surface area contributed by atoms with Gasteiger partial charge in [0.1, 0.15) is 0 Å². The van der Waals surface area contributed by atoms with Gasteiger partial charge in [0.2, 0.25) is 0 Å². The molecule has 0 N–H and O–H groups in total. The van der Waals surface area contributed by atoms with Crippen molar-refractivity contribution >= 4 is 0 Å². The van der Waals surface area contributed by atoms with E-state index in [1.807, 2.05) is 60.7 Å². The van der Waals surface area contributed by atoms with Crippen LogP contribution < -0.4 is 0 Å². The molecule has 0 atom stereocenters. The van der Waals surface area contributed by atoms with E-state index in [9.17, 15) is 0 Å². The van der Waals surface area contributed by atoms with Gasteiger partial charge in [-0.3, -0.25) is 0 Å². The smallest absolute Gasteiger partial charge is 0.164 e. The molecule has 0 aliphatic rings. The van der Waals surface area contributed by atoms with Crippen LogP contribution in [0.4, 0.5) is 0 Å². The van der Waals surface area contributed by atoms with Gasteiger partial charge in [-0.15, -0.1) is 0 Å². The van der Waals surface area contributed by atoms with Crippen molar-refractivity contribution in [1.82, 2.24) is 15.0 Å². The summed E-state index contributed by atoms with van der Waals surface area (Å²) >= 11 is 0. The van der Waals surface area contributed by atoms with Gasteiger partial charge in [0.25, 0.3) is 0 Å². The molecule has 0 aliphatic heterocycles. The SMILES string of the molecule is c1ccc(-c2cc(-c3ccccc3)cc(-c3ccc(-c4ccccc4)c(-c4cc(-c5nc(-c6ccccc6)nc(-c6ccccc6)n5)ccc4-c4ccccc4)c3)c2)cc1. The van der Waals surface area contributed by atoms with Crippen LogP contribution in [0.15, 0.2) is 237 Å². The second kappa shape index (κ2) is 16.5. The third kappa shape index (κ3) is 7.56. The summed E-state index contributed by atoms with van der Waals surface area (Å²) in [6.45, 7) is 0. The van der Waals surface area contributed by atoms with Gasteiger partial charge in [0, 0.05) is 16.7 Å². The summed E-state index contributed by atoms with van der Waals surface area (Å²) in [6, 6.07) is 83.4. The highest BCUT2D eigenvalue weighted by atomic mass is 15.0. The fourth-order valence-corrected chi connectivity index (χ4v) is 7.92. The summed E-state index contributed by atoms with van der Waals surface area (Å²) in [5.74, 6) is 1.88. The lowest BCUT2D eigenvalue weighted by Gasteiger charge is -2.19. The summed E-state index contributed by atoms with van der Waals surface area (Å²) in [6.07, 6.45) is 0. The quantitative estimate of drug-likeness (QED) is 0.147. The third-order valence-electron chi connectivity index (χ3n) is 10.9. The minimum absolute atomic E-state index is 0.615. The van der Waals surface area contributed by atoms with E-state index in [2.05, 4.69) is 176 Å². The summed E-state index contributed by atoms with van der Waals surface area (Å²) in [5, 5.41) is 0. The number of hydrogen-bond donors (Lipinski definition) is 0. The average molecular weight is 766 g/mol. The number of nitrogens with zero attached hydrogens (tertiary/aromatic N) is 3. The van der Waals surface area contributed by atoms with Gasteiger partial charge in [0.05, 0.1) is 0 Å². The van der Waals surface area contributed by atoms with Crippen molar-refractivity contribution in [3.8, 4) is 101 Å². The van der Waals surface area contributed by atoms with Gasteiger partial charge in [-0.25, -0.2) is 15.0 Å². The molecule has 0 aliphatic carbocycles. The van der Waals surface area contributed by atoms with Crippen LogP contribution in [0.1, 0.15) is 0 Å². The van der Waals surface area contributed by atoms with Gasteiger partial charge in [-0.2, -0.15) is 0 Å². The predicted molar refractivity (Wildman–Crippen MR) is 249 cm³/mol. The molecule has 1 heterocycles. The lowest BCUT2D eigenvalue weighted by atomic mass is 9.85. The zero-order valence-electron chi connectivity index (χ0n) is 32.9. The Bertz CT molecular complexity index is 2710. The van der Waals surface area contributed by atoms with E-state index in [4.69, 9.17) is 15.0 Å². The van der Waals surface area contributed by atoms with Crippen LogP contribution in [-0.4, -0.2) is 15.0 Å². The summed E-state index contributed by atoms with van der Waals surface area (Å²) in [7, 11) is 0. The molecule has 0 spiro atoms. The van der Waals surface area contributed by atoms with Crippen molar-refractivity contribution in [2.45, 2.75) is 0 Å². The van der Waals surface area contributed by atoms with E-state index in [0.717, 1.165) is 61.2 Å². The van der Waals surface area contributed by atoms with Crippen LogP contribution in [0, 0.1) is 0 Å². The number of aromatic nitrogens is 3. The fraction of sp³-hybridized carbons (Fsp3) is 0. The van der Waals surface area contributed by atoms with Crippen LogP contribution in [0.3, 0.4) is 0 Å². The number of benzene rings is 9. The minimum Gasteiger partial charge on any atom is -0.208 e.